The number of aromatic nitrogens is 4. The third kappa shape index (κ3) is 3.57. The molecule has 0 aliphatic heterocycles. The Bertz CT molecular complexity index is 1090. The number of amides is 1. The summed E-state index contributed by atoms with van der Waals surface area (Å²) in [5, 5.41) is 7.96. The Kier molecular flexibility index (Phi) is 4.65. The van der Waals surface area contributed by atoms with Gasteiger partial charge in [0, 0.05) is 12.1 Å². The summed E-state index contributed by atoms with van der Waals surface area (Å²) in [7, 11) is 0. The maximum Gasteiger partial charge on any atom is 0.351 e. The average molecular weight is 406 g/mol. The monoisotopic (exact) mass is 405 g/mol. The molecule has 1 aliphatic rings. The highest BCUT2D eigenvalue weighted by molar-refractivity contribution is 6.42. The average Bonchev–Trinajstić information content (AvgIpc) is 3.43. The predicted molar refractivity (Wildman–Crippen MR) is 102 cm³/mol. The number of hydrogen-bond donors (Lipinski definition) is 1. The molecule has 3 aromatic rings. The highest BCUT2D eigenvalue weighted by Crippen LogP contribution is 2.39. The molecule has 0 radical (unpaired) electrons. The molecule has 2 heterocycles. The maximum atomic E-state index is 12.7. The zero-order chi connectivity index (χ0) is 19.1. The van der Waals surface area contributed by atoms with Crippen LogP contribution in [0.15, 0.2) is 35.4 Å². The van der Waals surface area contributed by atoms with Gasteiger partial charge in [-0.15, -0.1) is 5.10 Å². The van der Waals surface area contributed by atoms with Crippen LogP contribution in [0.4, 0.5) is 0 Å². The topological polar surface area (TPSA) is 81.3 Å². The van der Waals surface area contributed by atoms with Crippen molar-refractivity contribution in [2.75, 3.05) is 0 Å². The van der Waals surface area contributed by atoms with E-state index >= 15 is 0 Å². The lowest BCUT2D eigenvalue weighted by Gasteiger charge is -2.14. The van der Waals surface area contributed by atoms with Gasteiger partial charge in [0.15, 0.2) is 5.65 Å². The Morgan fingerprint density at radius 3 is 2.78 bits per heavy atom. The van der Waals surface area contributed by atoms with E-state index in [1.807, 2.05) is 6.92 Å². The van der Waals surface area contributed by atoms with Gasteiger partial charge in [0.2, 0.25) is 5.91 Å². The molecule has 2 aromatic heterocycles. The van der Waals surface area contributed by atoms with Crippen molar-refractivity contribution in [3.8, 4) is 0 Å². The Labute approximate surface area is 164 Å². The zero-order valence-electron chi connectivity index (χ0n) is 14.5. The molecule has 1 amide bonds. The van der Waals surface area contributed by atoms with Gasteiger partial charge in [0.25, 0.3) is 0 Å². The van der Waals surface area contributed by atoms with E-state index in [1.165, 1.54) is 10.9 Å². The minimum atomic E-state index is -0.327. The first-order valence-corrected chi connectivity index (χ1v) is 9.37. The summed E-state index contributed by atoms with van der Waals surface area (Å²) in [5.74, 6) is 0.0278. The van der Waals surface area contributed by atoms with Crippen LogP contribution in [0.1, 0.15) is 43.0 Å². The summed E-state index contributed by atoms with van der Waals surface area (Å²) in [6.07, 6.45) is 5.31. The summed E-state index contributed by atoms with van der Waals surface area (Å²) < 4.78 is 2.71. The minimum Gasteiger partial charge on any atom is -0.348 e. The fourth-order valence-corrected chi connectivity index (χ4v) is 3.35. The van der Waals surface area contributed by atoms with Gasteiger partial charge in [-0.05, 0) is 37.5 Å². The van der Waals surface area contributed by atoms with Crippen molar-refractivity contribution in [2.24, 2.45) is 0 Å². The highest BCUT2D eigenvalue weighted by Gasteiger charge is 2.28. The number of benzene rings is 1. The SMILES string of the molecule is C[C@H](NC(=O)Cn1nc2cncc(C3CC3)n2c1=O)c1ccc(Cl)c(Cl)c1. The van der Waals surface area contributed by atoms with Crippen molar-refractivity contribution in [3.05, 3.63) is 62.4 Å². The molecule has 0 spiro atoms. The summed E-state index contributed by atoms with van der Waals surface area (Å²) >= 11 is 11.9. The number of halogens is 2. The van der Waals surface area contributed by atoms with Crippen molar-refractivity contribution in [3.63, 3.8) is 0 Å². The normalized spacial score (nSPS) is 15.1. The molecule has 1 aliphatic carbocycles. The van der Waals surface area contributed by atoms with Gasteiger partial charge in [-0.25, -0.2) is 13.9 Å². The summed E-state index contributed by atoms with van der Waals surface area (Å²) in [5.41, 5.74) is 1.80. The summed E-state index contributed by atoms with van der Waals surface area (Å²) in [6, 6.07) is 4.90. The van der Waals surface area contributed by atoms with Crippen molar-refractivity contribution < 1.29 is 4.79 Å². The lowest BCUT2D eigenvalue weighted by molar-refractivity contribution is -0.122. The van der Waals surface area contributed by atoms with E-state index in [-0.39, 0.29) is 24.2 Å². The Morgan fingerprint density at radius 1 is 1.30 bits per heavy atom. The molecular weight excluding hydrogens is 389 g/mol. The third-order valence-electron chi connectivity index (χ3n) is 4.63. The Balaban J connectivity index is 1.52. The highest BCUT2D eigenvalue weighted by atomic mass is 35.5. The number of rotatable bonds is 5. The van der Waals surface area contributed by atoms with Crippen molar-refractivity contribution in [1.82, 2.24) is 24.5 Å². The first-order chi connectivity index (χ1) is 12.9. The van der Waals surface area contributed by atoms with E-state index in [4.69, 9.17) is 23.2 Å². The molecule has 140 valence electrons. The van der Waals surface area contributed by atoms with Gasteiger partial charge in [0.05, 0.1) is 28.0 Å². The third-order valence-corrected chi connectivity index (χ3v) is 5.37. The molecule has 0 saturated heterocycles. The van der Waals surface area contributed by atoms with Crippen LogP contribution in [-0.2, 0) is 11.3 Å². The van der Waals surface area contributed by atoms with Gasteiger partial charge in [-0.3, -0.25) is 9.78 Å². The molecule has 1 saturated carbocycles. The smallest absolute Gasteiger partial charge is 0.348 e. The van der Waals surface area contributed by atoms with Crippen LogP contribution in [0.3, 0.4) is 0 Å². The molecule has 7 nitrogen and oxygen atoms in total. The predicted octanol–water partition coefficient (Wildman–Crippen LogP) is 2.95. The van der Waals surface area contributed by atoms with E-state index in [0.717, 1.165) is 24.1 Å². The van der Waals surface area contributed by atoms with E-state index in [1.54, 1.807) is 28.8 Å². The second-order valence-corrected chi connectivity index (χ2v) is 7.52. The number of carbonyl (C=O) groups is 1. The second-order valence-electron chi connectivity index (χ2n) is 6.70. The lowest BCUT2D eigenvalue weighted by Crippen LogP contribution is -2.34. The Morgan fingerprint density at radius 2 is 2.07 bits per heavy atom. The largest absolute Gasteiger partial charge is 0.351 e. The Hall–Kier alpha value is -2.38. The molecule has 9 heteroatoms. The van der Waals surface area contributed by atoms with Crippen LogP contribution in [-0.4, -0.2) is 25.1 Å². The lowest BCUT2D eigenvalue weighted by atomic mass is 10.1. The van der Waals surface area contributed by atoms with Crippen molar-refractivity contribution >= 4 is 34.8 Å². The number of carbonyl (C=O) groups excluding carboxylic acids is 1. The fraction of sp³-hybridized carbons (Fsp3) is 0.333. The van der Waals surface area contributed by atoms with Gasteiger partial charge in [-0.2, -0.15) is 0 Å². The first-order valence-electron chi connectivity index (χ1n) is 8.62. The van der Waals surface area contributed by atoms with Gasteiger partial charge in [-0.1, -0.05) is 29.3 Å². The second kappa shape index (κ2) is 6.98. The number of nitrogens with one attached hydrogen (secondary N) is 1. The van der Waals surface area contributed by atoms with E-state index in [0.29, 0.717) is 21.6 Å². The van der Waals surface area contributed by atoms with Crippen LogP contribution in [0.25, 0.3) is 5.65 Å². The van der Waals surface area contributed by atoms with Crippen LogP contribution >= 0.6 is 23.2 Å². The molecule has 1 fully saturated rings. The number of hydrogen-bond acceptors (Lipinski definition) is 4. The van der Waals surface area contributed by atoms with Gasteiger partial charge >= 0.3 is 5.69 Å². The molecule has 4 rings (SSSR count). The van der Waals surface area contributed by atoms with E-state index < -0.39 is 0 Å². The molecular formula is C18H17Cl2N5O2. The van der Waals surface area contributed by atoms with Crippen LogP contribution in [0.2, 0.25) is 10.0 Å². The van der Waals surface area contributed by atoms with Crippen LogP contribution in [0.5, 0.6) is 0 Å². The van der Waals surface area contributed by atoms with Gasteiger partial charge in [0.1, 0.15) is 6.54 Å². The van der Waals surface area contributed by atoms with Crippen LogP contribution < -0.4 is 11.0 Å². The summed E-state index contributed by atoms with van der Waals surface area (Å²) in [4.78, 5) is 29.2. The van der Waals surface area contributed by atoms with Crippen LogP contribution in [0, 0.1) is 0 Å². The maximum absolute atomic E-state index is 12.7. The molecule has 1 aromatic carbocycles. The van der Waals surface area contributed by atoms with E-state index in [9.17, 15) is 9.59 Å². The quantitative estimate of drug-likeness (QED) is 0.707. The van der Waals surface area contributed by atoms with E-state index in [2.05, 4.69) is 15.4 Å². The minimum absolute atomic E-state index is 0.170. The standard InChI is InChI=1S/C18H17Cl2N5O2/c1-10(12-4-5-13(19)14(20)6-12)22-17(26)9-24-18(27)25-15(11-2-3-11)7-21-8-16(25)23-24/h4-8,10-11H,2-3,9H2,1H3,(H,22,26)/t10-/m0/s1. The van der Waals surface area contributed by atoms with Crippen molar-refractivity contribution in [1.29, 1.82) is 0 Å². The molecule has 27 heavy (non-hydrogen) atoms. The fourth-order valence-electron chi connectivity index (χ4n) is 3.05. The van der Waals surface area contributed by atoms with Gasteiger partial charge < -0.3 is 5.32 Å². The number of nitrogens with zero attached hydrogens (tertiary/aromatic N) is 4. The first kappa shape index (κ1) is 18.0. The number of fused-ring (bicyclic) bond motifs is 1. The van der Waals surface area contributed by atoms with Crippen molar-refractivity contribution in [2.45, 2.75) is 38.3 Å². The molecule has 0 bridgehead atoms. The summed E-state index contributed by atoms with van der Waals surface area (Å²) in [6.45, 7) is 1.66. The molecule has 0 unspecified atom stereocenters. The zero-order valence-corrected chi connectivity index (χ0v) is 16.0. The molecule has 1 atom stereocenters. The molecule has 1 N–H and O–H groups in total.